The summed E-state index contributed by atoms with van der Waals surface area (Å²) in [5.74, 6) is -1.31. The molecule has 1 aliphatic heterocycles. The fourth-order valence-corrected chi connectivity index (χ4v) is 2.60. The summed E-state index contributed by atoms with van der Waals surface area (Å²) in [6.07, 6.45) is 0.135. The van der Waals surface area contributed by atoms with Gasteiger partial charge in [0.05, 0.1) is 6.61 Å². The number of carbonyl (C=O) groups is 2. The molecule has 0 aliphatic carbocycles. The third-order valence-corrected chi connectivity index (χ3v) is 3.80. The van der Waals surface area contributed by atoms with E-state index in [-0.39, 0.29) is 6.54 Å². The molecule has 2 aromatic rings. The molecule has 0 aromatic heterocycles. The van der Waals surface area contributed by atoms with Gasteiger partial charge in [-0.3, -0.25) is 9.69 Å². The van der Waals surface area contributed by atoms with Crippen LogP contribution in [0.5, 0.6) is 0 Å². The van der Waals surface area contributed by atoms with Crippen molar-refractivity contribution < 1.29 is 23.1 Å². The van der Waals surface area contributed by atoms with Gasteiger partial charge >= 0.3 is 6.09 Å². The SMILES string of the molecule is O=C(CN1CCCOC1=O)Nc1ccc(F)cc1-c1ccc(F)cc1. The molecule has 5 nitrogen and oxygen atoms in total. The van der Waals surface area contributed by atoms with Crippen molar-refractivity contribution in [3.05, 3.63) is 54.1 Å². The Hall–Kier alpha value is -2.96. The topological polar surface area (TPSA) is 58.6 Å². The molecule has 1 saturated heterocycles. The molecule has 3 rings (SSSR count). The lowest BCUT2D eigenvalue weighted by Crippen LogP contribution is -2.42. The zero-order valence-corrected chi connectivity index (χ0v) is 13.3. The molecule has 0 spiro atoms. The molecule has 1 N–H and O–H groups in total. The van der Waals surface area contributed by atoms with E-state index in [2.05, 4.69) is 5.32 Å². The number of anilines is 1. The van der Waals surface area contributed by atoms with Gasteiger partial charge in [0.15, 0.2) is 0 Å². The van der Waals surface area contributed by atoms with Crippen molar-refractivity contribution in [1.29, 1.82) is 0 Å². The van der Waals surface area contributed by atoms with Crippen LogP contribution in [0.3, 0.4) is 0 Å². The monoisotopic (exact) mass is 346 g/mol. The summed E-state index contributed by atoms with van der Waals surface area (Å²) in [4.78, 5) is 25.1. The molecule has 25 heavy (non-hydrogen) atoms. The van der Waals surface area contributed by atoms with Gasteiger partial charge in [0.25, 0.3) is 0 Å². The van der Waals surface area contributed by atoms with Gasteiger partial charge in [0, 0.05) is 17.8 Å². The fraction of sp³-hybridized carbons (Fsp3) is 0.222. The Morgan fingerprint density at radius 1 is 1.12 bits per heavy atom. The van der Waals surface area contributed by atoms with Gasteiger partial charge in [-0.15, -0.1) is 0 Å². The van der Waals surface area contributed by atoms with Crippen LogP contribution in [0, 0.1) is 11.6 Å². The number of carbonyl (C=O) groups excluding carboxylic acids is 2. The summed E-state index contributed by atoms with van der Waals surface area (Å²) in [5, 5.41) is 2.67. The second-order valence-corrected chi connectivity index (χ2v) is 5.63. The first-order valence-corrected chi connectivity index (χ1v) is 7.80. The highest BCUT2D eigenvalue weighted by atomic mass is 19.1. The largest absolute Gasteiger partial charge is 0.449 e. The lowest BCUT2D eigenvalue weighted by molar-refractivity contribution is -0.117. The number of benzene rings is 2. The van der Waals surface area contributed by atoms with Crippen LogP contribution in [0.2, 0.25) is 0 Å². The highest BCUT2D eigenvalue weighted by molar-refractivity contribution is 5.97. The Kier molecular flexibility index (Phi) is 4.92. The van der Waals surface area contributed by atoms with Crippen molar-refractivity contribution in [3.8, 4) is 11.1 Å². The molecule has 0 radical (unpaired) electrons. The van der Waals surface area contributed by atoms with Crippen molar-refractivity contribution >= 4 is 17.7 Å². The second-order valence-electron chi connectivity index (χ2n) is 5.63. The maximum Gasteiger partial charge on any atom is 0.410 e. The molecule has 0 atom stereocenters. The van der Waals surface area contributed by atoms with E-state index < -0.39 is 23.6 Å². The van der Waals surface area contributed by atoms with Gasteiger partial charge in [-0.25, -0.2) is 13.6 Å². The number of rotatable bonds is 4. The van der Waals surface area contributed by atoms with E-state index in [0.29, 0.717) is 36.4 Å². The maximum atomic E-state index is 13.6. The van der Waals surface area contributed by atoms with E-state index in [1.807, 2.05) is 0 Å². The van der Waals surface area contributed by atoms with Crippen LogP contribution in [0.1, 0.15) is 6.42 Å². The standard InChI is InChI=1S/C18H16F2N2O3/c19-13-4-2-12(3-5-13)15-10-14(20)6-7-16(15)21-17(23)11-22-8-1-9-25-18(22)24/h2-7,10H,1,8-9,11H2,(H,21,23). The van der Waals surface area contributed by atoms with Gasteiger partial charge in [0.2, 0.25) is 5.91 Å². The molecule has 0 saturated carbocycles. The first-order valence-electron chi connectivity index (χ1n) is 7.80. The van der Waals surface area contributed by atoms with Crippen LogP contribution in [-0.2, 0) is 9.53 Å². The summed E-state index contributed by atoms with van der Waals surface area (Å²) in [6.45, 7) is 0.642. The summed E-state index contributed by atoms with van der Waals surface area (Å²) in [5.41, 5.74) is 1.37. The van der Waals surface area contributed by atoms with Crippen molar-refractivity contribution in [2.45, 2.75) is 6.42 Å². The Morgan fingerprint density at radius 2 is 1.84 bits per heavy atom. The van der Waals surface area contributed by atoms with Gasteiger partial charge in [-0.05, 0) is 42.3 Å². The molecular formula is C18H16F2N2O3. The normalized spacial score (nSPS) is 14.2. The Labute approximate surface area is 143 Å². The minimum Gasteiger partial charge on any atom is -0.449 e. The quantitative estimate of drug-likeness (QED) is 0.923. The average Bonchev–Trinajstić information content (AvgIpc) is 2.59. The van der Waals surface area contributed by atoms with Gasteiger partial charge in [0.1, 0.15) is 18.2 Å². The van der Waals surface area contributed by atoms with E-state index in [9.17, 15) is 18.4 Å². The number of amides is 2. The predicted octanol–water partition coefficient (Wildman–Crippen LogP) is 3.41. The Bertz CT molecular complexity index is 793. The second kappa shape index (κ2) is 7.29. The van der Waals surface area contributed by atoms with E-state index in [0.717, 1.165) is 0 Å². The van der Waals surface area contributed by atoms with Crippen molar-refractivity contribution in [1.82, 2.24) is 4.90 Å². The number of halogens is 2. The number of hydrogen-bond acceptors (Lipinski definition) is 3. The number of ether oxygens (including phenoxy) is 1. The summed E-state index contributed by atoms with van der Waals surface area (Å²) in [6, 6.07) is 9.44. The van der Waals surface area contributed by atoms with E-state index in [4.69, 9.17) is 4.74 Å². The third-order valence-electron chi connectivity index (χ3n) is 3.80. The van der Waals surface area contributed by atoms with Crippen LogP contribution < -0.4 is 5.32 Å². The smallest absolute Gasteiger partial charge is 0.410 e. The maximum absolute atomic E-state index is 13.6. The Morgan fingerprint density at radius 3 is 2.56 bits per heavy atom. The van der Waals surface area contributed by atoms with Crippen molar-refractivity contribution in [2.24, 2.45) is 0 Å². The lowest BCUT2D eigenvalue weighted by atomic mass is 10.0. The molecule has 0 unspecified atom stereocenters. The molecule has 130 valence electrons. The molecule has 2 amide bonds. The van der Waals surface area contributed by atoms with Gasteiger partial charge in [-0.1, -0.05) is 12.1 Å². The number of nitrogens with one attached hydrogen (secondary N) is 1. The minimum atomic E-state index is -0.528. The first kappa shape index (κ1) is 16.9. The summed E-state index contributed by atoms with van der Waals surface area (Å²) in [7, 11) is 0. The molecule has 2 aromatic carbocycles. The van der Waals surface area contributed by atoms with Crippen LogP contribution in [0.25, 0.3) is 11.1 Å². The number of nitrogens with zero attached hydrogens (tertiary/aromatic N) is 1. The summed E-state index contributed by atoms with van der Waals surface area (Å²) >= 11 is 0. The third kappa shape index (κ3) is 4.12. The summed E-state index contributed by atoms with van der Waals surface area (Å²) < 4.78 is 31.6. The molecular weight excluding hydrogens is 330 g/mol. The van der Waals surface area contributed by atoms with Crippen LogP contribution >= 0.6 is 0 Å². The van der Waals surface area contributed by atoms with Crippen LogP contribution in [0.4, 0.5) is 19.3 Å². The number of cyclic esters (lactones) is 1. The number of hydrogen-bond donors (Lipinski definition) is 1. The van der Waals surface area contributed by atoms with Crippen LogP contribution in [0.15, 0.2) is 42.5 Å². The zero-order valence-electron chi connectivity index (χ0n) is 13.3. The zero-order chi connectivity index (χ0) is 17.8. The van der Waals surface area contributed by atoms with E-state index in [1.54, 1.807) is 0 Å². The predicted molar refractivity (Wildman–Crippen MR) is 88.0 cm³/mol. The van der Waals surface area contributed by atoms with E-state index in [1.165, 1.54) is 47.4 Å². The van der Waals surface area contributed by atoms with Crippen molar-refractivity contribution in [3.63, 3.8) is 0 Å². The average molecular weight is 346 g/mol. The molecule has 0 bridgehead atoms. The lowest BCUT2D eigenvalue weighted by Gasteiger charge is -2.25. The van der Waals surface area contributed by atoms with Gasteiger partial charge in [-0.2, -0.15) is 0 Å². The molecule has 7 heteroatoms. The Balaban J connectivity index is 1.78. The fourth-order valence-electron chi connectivity index (χ4n) is 2.60. The van der Waals surface area contributed by atoms with E-state index >= 15 is 0 Å². The van der Waals surface area contributed by atoms with Crippen molar-refractivity contribution in [2.75, 3.05) is 25.0 Å². The van der Waals surface area contributed by atoms with Crippen LogP contribution in [-0.4, -0.2) is 36.6 Å². The highest BCUT2D eigenvalue weighted by Crippen LogP contribution is 2.29. The highest BCUT2D eigenvalue weighted by Gasteiger charge is 2.22. The molecule has 1 heterocycles. The minimum absolute atomic E-state index is 0.154. The first-order chi connectivity index (χ1) is 12.0. The van der Waals surface area contributed by atoms with Gasteiger partial charge < -0.3 is 10.1 Å². The molecule has 1 fully saturated rings. The molecule has 1 aliphatic rings.